The Kier molecular flexibility index (Phi) is 48.9. The van der Waals surface area contributed by atoms with Crippen LogP contribution in [-0.2, 0) is 28.6 Å². The molecule has 0 aromatic carbocycles. The molecule has 0 N–H and O–H groups in total. The lowest BCUT2D eigenvalue weighted by molar-refractivity contribution is -0.167. The van der Waals surface area contributed by atoms with Gasteiger partial charge in [-0.1, -0.05) is 216 Å². The van der Waals surface area contributed by atoms with Crippen molar-refractivity contribution in [1.82, 2.24) is 0 Å². The maximum atomic E-state index is 12.8. The number of ether oxygens (including phenoxy) is 3. The van der Waals surface area contributed by atoms with Crippen molar-refractivity contribution in [2.24, 2.45) is 0 Å². The molecule has 0 bridgehead atoms. The van der Waals surface area contributed by atoms with E-state index in [0.717, 1.165) is 83.5 Å². The third-order valence-corrected chi connectivity index (χ3v) is 11.2. The van der Waals surface area contributed by atoms with Crippen molar-refractivity contribution < 1.29 is 28.6 Å². The van der Waals surface area contributed by atoms with E-state index >= 15 is 0 Å². The van der Waals surface area contributed by atoms with E-state index in [0.29, 0.717) is 19.3 Å². The first-order valence-electron chi connectivity index (χ1n) is 26.4. The molecule has 0 saturated heterocycles. The third kappa shape index (κ3) is 49.7. The molecule has 0 aromatic heterocycles. The van der Waals surface area contributed by atoms with Gasteiger partial charge in [0.05, 0.1) is 0 Å². The number of carbonyl (C=O) groups excluding carboxylic acids is 3. The summed E-state index contributed by atoms with van der Waals surface area (Å²) in [6.45, 7) is 6.46. The van der Waals surface area contributed by atoms with Crippen LogP contribution in [0.2, 0.25) is 0 Å². The van der Waals surface area contributed by atoms with Crippen molar-refractivity contribution in [1.29, 1.82) is 0 Å². The quantitative estimate of drug-likeness (QED) is 0.0262. The smallest absolute Gasteiger partial charge is 0.306 e. The molecule has 0 rings (SSSR count). The molecule has 362 valence electrons. The van der Waals surface area contributed by atoms with E-state index < -0.39 is 6.10 Å². The van der Waals surface area contributed by atoms with E-state index in [-0.39, 0.29) is 37.5 Å². The number of carbonyl (C=O) groups is 3. The molecule has 6 heteroatoms. The normalized spacial score (nSPS) is 12.6. The third-order valence-electron chi connectivity index (χ3n) is 11.2. The van der Waals surface area contributed by atoms with Gasteiger partial charge >= 0.3 is 17.9 Å². The van der Waals surface area contributed by atoms with Gasteiger partial charge in [0.25, 0.3) is 0 Å². The highest BCUT2D eigenvalue weighted by Gasteiger charge is 2.19. The molecule has 0 unspecified atom stereocenters. The Morgan fingerprint density at radius 2 is 0.619 bits per heavy atom. The SMILES string of the molecule is CC/C=C\C/C=C\C/C=C\C/C=C\CCCCC(=O)O[C@H](COC(=O)CCCCCCCCCCC/C=C\C/C=C\CCCCC)COC(=O)CCCCCCCCCCCCC. The largest absolute Gasteiger partial charge is 0.462 e. The molecular weight excluding hydrogens is 781 g/mol. The van der Waals surface area contributed by atoms with Crippen LogP contribution in [0.25, 0.3) is 0 Å². The maximum absolute atomic E-state index is 12.8. The molecule has 0 spiro atoms. The minimum atomic E-state index is -0.796. The van der Waals surface area contributed by atoms with Gasteiger partial charge in [-0.25, -0.2) is 0 Å². The highest BCUT2D eigenvalue weighted by Crippen LogP contribution is 2.15. The summed E-state index contributed by atoms with van der Waals surface area (Å²) in [4.78, 5) is 38.0. The van der Waals surface area contributed by atoms with Crippen molar-refractivity contribution in [3.05, 3.63) is 72.9 Å². The molecule has 0 aliphatic carbocycles. The zero-order valence-electron chi connectivity index (χ0n) is 41.3. The molecule has 0 heterocycles. The highest BCUT2D eigenvalue weighted by molar-refractivity contribution is 5.71. The zero-order valence-corrected chi connectivity index (χ0v) is 41.3. The highest BCUT2D eigenvalue weighted by atomic mass is 16.6. The standard InChI is InChI=1S/C57H98O6/c1-4-7-10-13-16-19-22-24-26-27-28-29-31-32-35-38-41-44-47-50-56(59)62-53-54(52-61-55(58)49-46-43-40-37-34-21-18-15-12-9-6-3)63-57(60)51-48-45-42-39-36-33-30-25-23-20-17-14-11-8-5-2/h8,11,16-17,19-20,24-26,30,36,39,54H,4-7,9-10,12-15,18,21-23,27-29,31-35,37-38,40-53H2,1-3H3/b11-8-,19-16-,20-17-,26-24-,30-25-,39-36-/t54-/m0/s1. The predicted molar refractivity (Wildman–Crippen MR) is 270 cm³/mol. The number of hydrogen-bond acceptors (Lipinski definition) is 6. The molecule has 0 aromatic rings. The molecule has 0 amide bonds. The van der Waals surface area contributed by atoms with Crippen LogP contribution in [0.5, 0.6) is 0 Å². The fourth-order valence-electron chi connectivity index (χ4n) is 7.23. The number of esters is 3. The van der Waals surface area contributed by atoms with Gasteiger partial charge < -0.3 is 14.2 Å². The van der Waals surface area contributed by atoms with E-state index in [1.807, 2.05) is 0 Å². The molecule has 0 aliphatic rings. The van der Waals surface area contributed by atoms with Gasteiger partial charge in [0.15, 0.2) is 6.10 Å². The summed E-state index contributed by atoms with van der Waals surface area (Å²) in [5.41, 5.74) is 0. The van der Waals surface area contributed by atoms with Gasteiger partial charge in [-0.3, -0.25) is 14.4 Å². The Morgan fingerprint density at radius 1 is 0.333 bits per heavy atom. The lowest BCUT2D eigenvalue weighted by Gasteiger charge is -2.18. The van der Waals surface area contributed by atoms with E-state index in [1.54, 1.807) is 0 Å². The lowest BCUT2D eigenvalue weighted by Crippen LogP contribution is -2.30. The fourth-order valence-corrected chi connectivity index (χ4v) is 7.23. The summed E-state index contributed by atoms with van der Waals surface area (Å²) >= 11 is 0. The van der Waals surface area contributed by atoms with E-state index in [2.05, 4.69) is 93.7 Å². The first kappa shape index (κ1) is 59.9. The van der Waals surface area contributed by atoms with Crippen molar-refractivity contribution in [2.45, 2.75) is 258 Å². The Balaban J connectivity index is 4.40. The van der Waals surface area contributed by atoms with Crippen LogP contribution in [0.3, 0.4) is 0 Å². The minimum Gasteiger partial charge on any atom is -0.462 e. The maximum Gasteiger partial charge on any atom is 0.306 e. The predicted octanol–water partition coefficient (Wildman–Crippen LogP) is 17.4. The Labute approximate surface area is 389 Å². The molecule has 0 radical (unpaired) electrons. The summed E-state index contributed by atoms with van der Waals surface area (Å²) in [5.74, 6) is -0.936. The van der Waals surface area contributed by atoms with E-state index in [1.165, 1.54) is 122 Å². The van der Waals surface area contributed by atoms with Gasteiger partial charge in [-0.05, 0) is 89.9 Å². The van der Waals surface area contributed by atoms with Gasteiger partial charge in [-0.15, -0.1) is 0 Å². The van der Waals surface area contributed by atoms with Crippen LogP contribution in [0, 0.1) is 0 Å². The zero-order chi connectivity index (χ0) is 45.8. The Hall–Kier alpha value is -3.15. The van der Waals surface area contributed by atoms with Crippen LogP contribution >= 0.6 is 0 Å². The second kappa shape index (κ2) is 51.5. The first-order valence-corrected chi connectivity index (χ1v) is 26.4. The van der Waals surface area contributed by atoms with Crippen LogP contribution in [0.1, 0.15) is 252 Å². The van der Waals surface area contributed by atoms with Gasteiger partial charge in [0.2, 0.25) is 0 Å². The molecule has 1 atom stereocenters. The van der Waals surface area contributed by atoms with Crippen LogP contribution < -0.4 is 0 Å². The van der Waals surface area contributed by atoms with Gasteiger partial charge in [0.1, 0.15) is 13.2 Å². The summed E-state index contributed by atoms with van der Waals surface area (Å²) in [7, 11) is 0. The molecular formula is C57H98O6. The van der Waals surface area contributed by atoms with E-state index in [4.69, 9.17) is 14.2 Å². The van der Waals surface area contributed by atoms with Crippen LogP contribution in [0.4, 0.5) is 0 Å². The average molecular weight is 879 g/mol. The molecule has 0 fully saturated rings. The average Bonchev–Trinajstić information content (AvgIpc) is 3.28. The van der Waals surface area contributed by atoms with Crippen molar-refractivity contribution in [3.63, 3.8) is 0 Å². The lowest BCUT2D eigenvalue weighted by atomic mass is 10.1. The fraction of sp³-hybridized carbons (Fsp3) is 0.737. The Bertz CT molecular complexity index is 1190. The number of hydrogen-bond donors (Lipinski definition) is 0. The monoisotopic (exact) mass is 879 g/mol. The van der Waals surface area contributed by atoms with Crippen LogP contribution in [0.15, 0.2) is 72.9 Å². The molecule has 6 nitrogen and oxygen atoms in total. The number of rotatable bonds is 47. The molecule has 0 saturated carbocycles. The molecule has 0 aliphatic heterocycles. The summed E-state index contributed by atoms with van der Waals surface area (Å²) < 4.78 is 16.8. The second-order valence-corrected chi connectivity index (χ2v) is 17.4. The summed E-state index contributed by atoms with van der Waals surface area (Å²) in [6.07, 6.45) is 64.6. The summed E-state index contributed by atoms with van der Waals surface area (Å²) in [6, 6.07) is 0. The van der Waals surface area contributed by atoms with E-state index in [9.17, 15) is 14.4 Å². The van der Waals surface area contributed by atoms with Gasteiger partial charge in [-0.2, -0.15) is 0 Å². The van der Waals surface area contributed by atoms with Crippen LogP contribution in [-0.4, -0.2) is 37.2 Å². The number of allylic oxidation sites excluding steroid dienone is 12. The van der Waals surface area contributed by atoms with Crippen molar-refractivity contribution in [2.75, 3.05) is 13.2 Å². The second-order valence-electron chi connectivity index (χ2n) is 17.4. The minimum absolute atomic E-state index is 0.0919. The summed E-state index contributed by atoms with van der Waals surface area (Å²) in [5, 5.41) is 0. The van der Waals surface area contributed by atoms with Crippen molar-refractivity contribution in [3.8, 4) is 0 Å². The first-order chi connectivity index (χ1) is 31.0. The van der Waals surface area contributed by atoms with Gasteiger partial charge in [0, 0.05) is 19.3 Å². The molecule has 63 heavy (non-hydrogen) atoms. The van der Waals surface area contributed by atoms with Crippen molar-refractivity contribution >= 4 is 17.9 Å². The Morgan fingerprint density at radius 3 is 1.03 bits per heavy atom. The number of unbranched alkanes of at least 4 members (excludes halogenated alkanes) is 24. The topological polar surface area (TPSA) is 78.9 Å².